The average molecular weight is 397 g/mol. The number of rotatable bonds is 3. The highest BCUT2D eigenvalue weighted by Gasteiger charge is 2.35. The summed E-state index contributed by atoms with van der Waals surface area (Å²) in [6.07, 6.45) is -2.97. The molecule has 2 aromatic rings. The maximum absolute atomic E-state index is 14.4. The smallest absolute Gasteiger partial charge is 0.431 e. The van der Waals surface area contributed by atoms with Crippen LogP contribution in [0.4, 0.5) is 17.6 Å². The van der Waals surface area contributed by atoms with Crippen LogP contribution < -0.4 is 11.2 Å². The number of nitrogens with zero attached hydrogens (tertiary/aromatic N) is 3. The van der Waals surface area contributed by atoms with E-state index in [1.165, 1.54) is 0 Å². The first kappa shape index (κ1) is 20.6. The number of aromatic nitrogens is 2. The lowest BCUT2D eigenvalue weighted by Crippen LogP contribution is -2.41. The minimum Gasteiger partial charge on any atom is -0.435 e. The summed E-state index contributed by atoms with van der Waals surface area (Å²) < 4.78 is 58.1. The van der Waals surface area contributed by atoms with Gasteiger partial charge in [-0.05, 0) is 23.8 Å². The van der Waals surface area contributed by atoms with E-state index in [0.29, 0.717) is 6.07 Å². The number of nitriles is 1. The summed E-state index contributed by atoms with van der Waals surface area (Å²) >= 11 is 0. The zero-order valence-corrected chi connectivity index (χ0v) is 14.4. The number of alkyl halides is 3. The van der Waals surface area contributed by atoms with Gasteiger partial charge in [0.05, 0.1) is 23.6 Å². The van der Waals surface area contributed by atoms with Gasteiger partial charge >= 0.3 is 17.8 Å². The highest BCUT2D eigenvalue weighted by atomic mass is 19.4. The summed E-state index contributed by atoms with van der Waals surface area (Å²) in [5.41, 5.74) is -5.26. The van der Waals surface area contributed by atoms with Crippen molar-refractivity contribution in [1.29, 1.82) is 5.26 Å². The molecule has 0 saturated heterocycles. The molecule has 1 heterocycles. The number of esters is 1. The van der Waals surface area contributed by atoms with Crippen LogP contribution >= 0.6 is 0 Å². The Hall–Kier alpha value is -3.68. The van der Waals surface area contributed by atoms with Gasteiger partial charge in [0.2, 0.25) is 0 Å². The topological polar surface area (TPSA) is 94.1 Å². The van der Waals surface area contributed by atoms with Crippen molar-refractivity contribution in [1.82, 2.24) is 9.13 Å². The zero-order valence-electron chi connectivity index (χ0n) is 14.4. The fourth-order valence-electron chi connectivity index (χ4n) is 2.31. The zero-order chi connectivity index (χ0) is 21.2. The van der Waals surface area contributed by atoms with Crippen LogP contribution in [-0.2, 0) is 22.8 Å². The molecule has 0 unspecified atom stereocenters. The maximum atomic E-state index is 14.4. The van der Waals surface area contributed by atoms with Gasteiger partial charge in [-0.25, -0.2) is 13.8 Å². The summed E-state index contributed by atoms with van der Waals surface area (Å²) in [5, 5.41) is 9.07. The van der Waals surface area contributed by atoms with E-state index in [-0.39, 0.29) is 26.3 Å². The number of hydrogen-bond donors (Lipinski definition) is 0. The van der Waals surface area contributed by atoms with E-state index < -0.39 is 40.6 Å². The van der Waals surface area contributed by atoms with E-state index in [0.717, 1.165) is 32.4 Å². The second-order valence-electron chi connectivity index (χ2n) is 5.46. The Labute approximate surface area is 154 Å². The van der Waals surface area contributed by atoms with E-state index in [4.69, 9.17) is 5.26 Å². The third-order valence-corrected chi connectivity index (χ3v) is 3.57. The minimum absolute atomic E-state index is 0.0333. The van der Waals surface area contributed by atoms with Gasteiger partial charge in [-0.2, -0.15) is 18.4 Å². The van der Waals surface area contributed by atoms with E-state index in [1.807, 2.05) is 0 Å². The Morgan fingerprint density at radius 3 is 2.43 bits per heavy atom. The largest absolute Gasteiger partial charge is 0.435 e. The molecular weight excluding hydrogens is 386 g/mol. The number of ether oxygens (including phenoxy) is 1. The molecule has 1 aromatic heterocycles. The Kier molecular flexibility index (Phi) is 5.54. The Morgan fingerprint density at radius 1 is 1.25 bits per heavy atom. The predicted molar refractivity (Wildman–Crippen MR) is 87.8 cm³/mol. The number of benzene rings is 1. The number of halogens is 4. The molecule has 0 aliphatic heterocycles. The minimum atomic E-state index is -4.96. The second kappa shape index (κ2) is 7.51. The van der Waals surface area contributed by atoms with Crippen molar-refractivity contribution in [2.45, 2.75) is 13.1 Å². The third-order valence-electron chi connectivity index (χ3n) is 3.57. The molecule has 0 saturated carbocycles. The first-order chi connectivity index (χ1) is 13.0. The van der Waals surface area contributed by atoms with Crippen LogP contribution in [0.15, 0.2) is 34.1 Å². The molecule has 0 aliphatic rings. The van der Waals surface area contributed by atoms with Gasteiger partial charge in [-0.1, -0.05) is 0 Å². The van der Waals surface area contributed by atoms with Gasteiger partial charge in [-0.3, -0.25) is 14.2 Å². The lowest BCUT2D eigenvalue weighted by atomic mass is 10.1. The molecule has 0 bridgehead atoms. The molecule has 0 spiro atoms. The molecule has 1 aromatic carbocycles. The molecule has 0 radical (unpaired) electrons. The molecule has 28 heavy (non-hydrogen) atoms. The molecule has 0 N–H and O–H groups in total. The van der Waals surface area contributed by atoms with Crippen LogP contribution in [0.1, 0.15) is 23.7 Å². The van der Waals surface area contributed by atoms with Gasteiger partial charge in [0.1, 0.15) is 11.5 Å². The van der Waals surface area contributed by atoms with Crippen LogP contribution in [0.2, 0.25) is 0 Å². The standard InChI is InChI=1S/C17H11F4N3O4/c1-9(25)28-4-3-10-6-13(12(18)5-11(10)8-22)24-15(26)7-14(17(19,20)21)23(2)16(24)27/h3-7H,1-2H3/b4-3+. The van der Waals surface area contributed by atoms with Crippen molar-refractivity contribution in [3.8, 4) is 11.8 Å². The summed E-state index contributed by atoms with van der Waals surface area (Å²) in [6, 6.07) is 3.44. The monoisotopic (exact) mass is 397 g/mol. The van der Waals surface area contributed by atoms with E-state index >= 15 is 0 Å². The maximum Gasteiger partial charge on any atom is 0.431 e. The van der Waals surface area contributed by atoms with Crippen LogP contribution in [0.3, 0.4) is 0 Å². The molecule has 7 nitrogen and oxygen atoms in total. The average Bonchev–Trinajstić information content (AvgIpc) is 2.58. The SMILES string of the molecule is CC(=O)O/C=C/c1cc(-n2c(=O)cc(C(F)(F)F)n(C)c2=O)c(F)cc1C#N. The van der Waals surface area contributed by atoms with Gasteiger partial charge in [0.25, 0.3) is 5.56 Å². The number of hydrogen-bond acceptors (Lipinski definition) is 5. The van der Waals surface area contributed by atoms with Crippen LogP contribution in [0.25, 0.3) is 11.8 Å². The van der Waals surface area contributed by atoms with Crippen LogP contribution in [0.5, 0.6) is 0 Å². The molecule has 0 amide bonds. The normalized spacial score (nSPS) is 11.5. The molecule has 0 atom stereocenters. The van der Waals surface area contributed by atoms with Crippen LogP contribution in [-0.4, -0.2) is 15.1 Å². The molecule has 146 valence electrons. The Bertz CT molecular complexity index is 1140. The highest BCUT2D eigenvalue weighted by Crippen LogP contribution is 2.27. The number of carbonyl (C=O) groups excluding carboxylic acids is 1. The molecule has 0 fully saturated rings. The summed E-state index contributed by atoms with van der Waals surface area (Å²) in [6.45, 7) is 1.11. The van der Waals surface area contributed by atoms with E-state index in [9.17, 15) is 31.9 Å². The predicted octanol–water partition coefficient (Wildman–Crippen LogP) is 2.10. The number of carbonyl (C=O) groups is 1. The Balaban J connectivity index is 2.76. The van der Waals surface area contributed by atoms with E-state index in [1.54, 1.807) is 6.07 Å². The third kappa shape index (κ3) is 4.01. The van der Waals surface area contributed by atoms with Crippen molar-refractivity contribution in [2.75, 3.05) is 0 Å². The quantitative estimate of drug-likeness (QED) is 0.449. The van der Waals surface area contributed by atoms with Gasteiger partial charge in [0.15, 0.2) is 0 Å². The summed E-state index contributed by atoms with van der Waals surface area (Å²) in [4.78, 5) is 35.2. The van der Waals surface area contributed by atoms with Crippen LogP contribution in [0, 0.1) is 17.1 Å². The summed E-state index contributed by atoms with van der Waals surface area (Å²) in [7, 11) is 0.782. The lowest BCUT2D eigenvalue weighted by molar-refractivity contribution is -0.144. The van der Waals surface area contributed by atoms with Crippen molar-refractivity contribution in [3.05, 3.63) is 67.9 Å². The van der Waals surface area contributed by atoms with Crippen molar-refractivity contribution < 1.29 is 27.1 Å². The molecule has 2 rings (SSSR count). The second-order valence-corrected chi connectivity index (χ2v) is 5.46. The highest BCUT2D eigenvalue weighted by molar-refractivity contribution is 5.68. The van der Waals surface area contributed by atoms with Gasteiger partial charge in [0, 0.05) is 20.0 Å². The molecular formula is C17H11F4N3O4. The first-order valence-electron chi connectivity index (χ1n) is 7.45. The lowest BCUT2D eigenvalue weighted by Gasteiger charge is -2.14. The fraction of sp³-hybridized carbons (Fsp3) is 0.176. The van der Waals surface area contributed by atoms with E-state index in [2.05, 4.69) is 4.74 Å². The van der Waals surface area contributed by atoms with Crippen molar-refractivity contribution in [2.24, 2.45) is 7.05 Å². The first-order valence-corrected chi connectivity index (χ1v) is 7.45. The fourth-order valence-corrected chi connectivity index (χ4v) is 2.31. The molecule has 0 aliphatic carbocycles. The van der Waals surface area contributed by atoms with Gasteiger partial charge < -0.3 is 4.74 Å². The van der Waals surface area contributed by atoms with Crippen molar-refractivity contribution >= 4 is 12.0 Å². The molecule has 11 heteroatoms. The van der Waals surface area contributed by atoms with Crippen molar-refractivity contribution in [3.63, 3.8) is 0 Å². The summed E-state index contributed by atoms with van der Waals surface area (Å²) in [5.74, 6) is -1.86. The van der Waals surface area contributed by atoms with Gasteiger partial charge in [-0.15, -0.1) is 0 Å². The Morgan fingerprint density at radius 2 is 1.89 bits per heavy atom.